The summed E-state index contributed by atoms with van der Waals surface area (Å²) >= 11 is 0. The average molecular weight is 524 g/mol. The van der Waals surface area contributed by atoms with Crippen molar-refractivity contribution in [1.82, 2.24) is 39.8 Å². The predicted octanol–water partition coefficient (Wildman–Crippen LogP) is 3.65. The lowest BCUT2D eigenvalue weighted by Gasteiger charge is -2.32. The van der Waals surface area contributed by atoms with E-state index >= 15 is 0 Å². The molecule has 1 aromatic carbocycles. The lowest BCUT2D eigenvalue weighted by Crippen LogP contribution is -2.48. The second-order valence-electron chi connectivity index (χ2n) is 10.0. The van der Waals surface area contributed by atoms with Crippen LogP contribution in [0.4, 0.5) is 10.5 Å². The molecular weight excluding hydrogens is 494 g/mol. The van der Waals surface area contributed by atoms with Crippen LogP contribution in [0.5, 0.6) is 0 Å². The number of rotatable bonds is 4. The summed E-state index contributed by atoms with van der Waals surface area (Å²) in [5.41, 5.74) is 5.89. The van der Waals surface area contributed by atoms with Crippen molar-refractivity contribution in [3.63, 3.8) is 0 Å². The number of nitrogens with zero attached hydrogens (tertiary/aromatic N) is 6. The Morgan fingerprint density at radius 1 is 0.974 bits per heavy atom. The number of nitrogens with one attached hydrogen (secondary N) is 3. The molecule has 39 heavy (non-hydrogen) atoms. The van der Waals surface area contributed by atoms with E-state index in [2.05, 4.69) is 42.4 Å². The number of H-pyrrole nitrogens is 2. The molecule has 0 unspecified atom stereocenters. The van der Waals surface area contributed by atoms with Crippen LogP contribution in [0.3, 0.4) is 0 Å². The van der Waals surface area contributed by atoms with Crippen LogP contribution in [-0.2, 0) is 0 Å². The highest BCUT2D eigenvalue weighted by Gasteiger charge is 2.20. The van der Waals surface area contributed by atoms with Gasteiger partial charge in [-0.3, -0.25) is 14.9 Å². The molecule has 0 aliphatic carbocycles. The minimum Gasteiger partial charge on any atom is -0.353 e. The Bertz CT molecular complexity index is 1700. The van der Waals surface area contributed by atoms with Crippen molar-refractivity contribution in [2.45, 2.75) is 0 Å². The molecular formula is C28H29N9O2. The Morgan fingerprint density at radius 2 is 1.77 bits per heavy atom. The van der Waals surface area contributed by atoms with Crippen molar-refractivity contribution in [1.29, 1.82) is 0 Å². The Balaban J connectivity index is 1.31. The molecule has 198 valence electrons. The zero-order valence-electron chi connectivity index (χ0n) is 22.0. The van der Waals surface area contributed by atoms with E-state index in [9.17, 15) is 9.59 Å². The summed E-state index contributed by atoms with van der Waals surface area (Å²) in [4.78, 5) is 43.4. The first-order valence-corrected chi connectivity index (χ1v) is 12.7. The van der Waals surface area contributed by atoms with Gasteiger partial charge >= 0.3 is 6.03 Å². The van der Waals surface area contributed by atoms with Gasteiger partial charge in [0.15, 0.2) is 5.65 Å². The molecule has 1 aliphatic heterocycles. The van der Waals surface area contributed by atoms with Gasteiger partial charge in [0.25, 0.3) is 5.91 Å². The van der Waals surface area contributed by atoms with E-state index in [4.69, 9.17) is 0 Å². The Kier molecular flexibility index (Phi) is 6.20. The van der Waals surface area contributed by atoms with E-state index in [0.29, 0.717) is 35.7 Å². The number of amides is 3. The zero-order chi connectivity index (χ0) is 27.1. The molecule has 0 spiro atoms. The maximum atomic E-state index is 12.8. The minimum atomic E-state index is -0.126. The van der Waals surface area contributed by atoms with Gasteiger partial charge in [0.1, 0.15) is 5.69 Å². The molecule has 4 aromatic heterocycles. The second kappa shape index (κ2) is 9.84. The summed E-state index contributed by atoms with van der Waals surface area (Å²) in [5, 5.41) is 12.2. The van der Waals surface area contributed by atoms with Crippen molar-refractivity contribution in [2.75, 3.05) is 52.6 Å². The normalized spacial score (nSPS) is 14.2. The van der Waals surface area contributed by atoms with Gasteiger partial charge in [-0.1, -0.05) is 6.07 Å². The second-order valence-corrected chi connectivity index (χ2v) is 10.0. The van der Waals surface area contributed by atoms with Crippen LogP contribution in [0.2, 0.25) is 0 Å². The number of aromatic nitrogens is 5. The summed E-state index contributed by atoms with van der Waals surface area (Å²) in [5.74, 6) is -0.0610. The molecule has 11 heteroatoms. The Hall–Kier alpha value is -4.77. The first kappa shape index (κ1) is 24.6. The van der Waals surface area contributed by atoms with E-state index in [1.807, 2.05) is 41.3 Å². The van der Waals surface area contributed by atoms with Gasteiger partial charge < -0.3 is 25.0 Å². The Morgan fingerprint density at radius 3 is 2.56 bits per heavy atom. The summed E-state index contributed by atoms with van der Waals surface area (Å²) in [6.45, 7) is 3.10. The van der Waals surface area contributed by atoms with Gasteiger partial charge in [0.2, 0.25) is 0 Å². The number of hydrogen-bond acceptors (Lipinski definition) is 6. The van der Waals surface area contributed by atoms with Gasteiger partial charge in [-0.2, -0.15) is 5.10 Å². The van der Waals surface area contributed by atoms with Crippen molar-refractivity contribution in [3.05, 3.63) is 60.6 Å². The van der Waals surface area contributed by atoms with Crippen LogP contribution in [0.1, 0.15) is 10.4 Å². The maximum Gasteiger partial charge on any atom is 0.321 e. The van der Waals surface area contributed by atoms with Crippen molar-refractivity contribution in [2.24, 2.45) is 0 Å². The smallest absolute Gasteiger partial charge is 0.321 e. The van der Waals surface area contributed by atoms with Crippen LogP contribution in [0, 0.1) is 0 Å². The van der Waals surface area contributed by atoms with Crippen molar-refractivity contribution < 1.29 is 9.59 Å². The molecule has 0 radical (unpaired) electrons. The fraction of sp³-hybridized carbons (Fsp3) is 0.250. The number of likely N-dealkylation sites (N-methyl/N-ethyl adjacent to an activating group) is 1. The third-order valence-corrected chi connectivity index (χ3v) is 7.09. The largest absolute Gasteiger partial charge is 0.353 e. The fourth-order valence-corrected chi connectivity index (χ4v) is 4.86. The van der Waals surface area contributed by atoms with Gasteiger partial charge in [-0.05, 0) is 37.4 Å². The first-order chi connectivity index (χ1) is 18.9. The molecule has 0 saturated carbocycles. The minimum absolute atomic E-state index is 0.0610. The zero-order valence-corrected chi connectivity index (χ0v) is 22.0. The van der Waals surface area contributed by atoms with Gasteiger partial charge in [0.05, 0.1) is 17.6 Å². The van der Waals surface area contributed by atoms with Crippen LogP contribution in [-0.4, -0.2) is 99.1 Å². The van der Waals surface area contributed by atoms with E-state index in [1.165, 1.54) is 0 Å². The number of carbonyl (C=O) groups is 2. The Labute approximate surface area is 224 Å². The molecule has 3 amide bonds. The van der Waals surface area contributed by atoms with Crippen molar-refractivity contribution >= 4 is 39.6 Å². The summed E-state index contributed by atoms with van der Waals surface area (Å²) in [7, 11) is 5.54. The molecule has 1 fully saturated rings. The van der Waals surface area contributed by atoms with Crippen LogP contribution in [0.25, 0.3) is 44.5 Å². The number of hydrogen-bond donors (Lipinski definition) is 3. The number of urea groups is 1. The third kappa shape index (κ3) is 4.68. The molecule has 0 bridgehead atoms. The summed E-state index contributed by atoms with van der Waals surface area (Å²) < 4.78 is 0. The summed E-state index contributed by atoms with van der Waals surface area (Å²) in [6.07, 6.45) is 5.15. The summed E-state index contributed by atoms with van der Waals surface area (Å²) in [6, 6.07) is 11.4. The van der Waals surface area contributed by atoms with Crippen LogP contribution >= 0.6 is 0 Å². The number of fused-ring (bicyclic) bond motifs is 2. The number of carbonyl (C=O) groups excluding carboxylic acids is 2. The number of pyridine rings is 2. The molecule has 1 saturated heterocycles. The topological polar surface area (TPSA) is 126 Å². The lowest BCUT2D eigenvalue weighted by atomic mass is 10.1. The highest BCUT2D eigenvalue weighted by molar-refractivity contribution is 6.08. The molecule has 5 aromatic rings. The van der Waals surface area contributed by atoms with E-state index in [0.717, 1.165) is 46.2 Å². The molecule has 1 aliphatic rings. The molecule has 3 N–H and O–H groups in total. The maximum absolute atomic E-state index is 12.8. The molecule has 6 rings (SSSR count). The van der Waals surface area contributed by atoms with Crippen LogP contribution < -0.4 is 5.32 Å². The van der Waals surface area contributed by atoms with E-state index in [-0.39, 0.29) is 11.9 Å². The number of aromatic amines is 2. The molecule has 5 heterocycles. The lowest BCUT2D eigenvalue weighted by molar-refractivity contribution is 0.0829. The first-order valence-electron chi connectivity index (χ1n) is 12.7. The van der Waals surface area contributed by atoms with E-state index < -0.39 is 0 Å². The monoisotopic (exact) mass is 523 g/mol. The quantitative estimate of drug-likeness (QED) is 0.330. The fourth-order valence-electron chi connectivity index (χ4n) is 4.86. The standard InChI is InChI=1S/C28H29N9O2/c1-35(2)27(38)20-5-4-6-23-21(20)13-24(32-23)25-22-12-18(15-30-26(22)34-33-25)17-11-19(16-29-14-17)31-28(39)37-9-7-36(3)8-10-37/h4-6,11-16,32H,7-10H2,1-3H3,(H,31,39)(H,30,33,34). The number of anilines is 1. The molecule has 11 nitrogen and oxygen atoms in total. The van der Waals surface area contributed by atoms with E-state index in [1.54, 1.807) is 37.6 Å². The number of piperazine rings is 1. The molecule has 0 atom stereocenters. The highest BCUT2D eigenvalue weighted by Crippen LogP contribution is 2.32. The van der Waals surface area contributed by atoms with Crippen LogP contribution in [0.15, 0.2) is 55.0 Å². The number of benzene rings is 1. The van der Waals surface area contributed by atoms with Gasteiger partial charge in [0, 0.05) is 85.6 Å². The SMILES string of the molecule is CN1CCN(C(=O)Nc2cncc(-c3cnc4[nH]nc(-c5cc6c(C(=O)N(C)C)cccc6[nH]5)c4c3)c2)CC1. The van der Waals surface area contributed by atoms with Gasteiger partial charge in [-0.25, -0.2) is 9.78 Å². The predicted molar refractivity (Wildman–Crippen MR) is 151 cm³/mol. The average Bonchev–Trinajstić information content (AvgIpc) is 3.56. The third-order valence-electron chi connectivity index (χ3n) is 7.09. The highest BCUT2D eigenvalue weighted by atomic mass is 16.2. The van der Waals surface area contributed by atoms with Gasteiger partial charge in [-0.15, -0.1) is 0 Å². The van der Waals surface area contributed by atoms with Crippen molar-refractivity contribution in [3.8, 4) is 22.5 Å².